The number of fused-ring (bicyclic) bond motifs is 1. The fourth-order valence-electron chi connectivity index (χ4n) is 5.29. The fourth-order valence-corrected chi connectivity index (χ4v) is 5.29. The molecule has 0 bridgehead atoms. The number of hydrogen-bond acceptors (Lipinski definition) is 9. The number of hydrogen-bond donors (Lipinski definition) is 2. The monoisotopic (exact) mass is 544 g/mol. The quantitative estimate of drug-likeness (QED) is 0.329. The van der Waals surface area contributed by atoms with Crippen molar-refractivity contribution >= 4 is 5.69 Å². The Balaban J connectivity index is 1.48. The maximum atomic E-state index is 10.2. The van der Waals surface area contributed by atoms with Crippen LogP contribution in [-0.2, 0) is 25.6 Å². The molecule has 0 spiro atoms. The molecule has 2 aromatic rings. The highest BCUT2D eigenvalue weighted by Gasteiger charge is 2.36. The summed E-state index contributed by atoms with van der Waals surface area (Å²) < 4.78 is 34.7. The molecule has 2 aliphatic heterocycles. The van der Waals surface area contributed by atoms with Crippen molar-refractivity contribution in [2.75, 3.05) is 78.3 Å². The van der Waals surface area contributed by atoms with Crippen LogP contribution in [-0.4, -0.2) is 96.9 Å². The molecule has 0 amide bonds. The van der Waals surface area contributed by atoms with E-state index in [9.17, 15) is 5.11 Å². The lowest BCUT2D eigenvalue weighted by Gasteiger charge is -2.39. The Labute approximate surface area is 232 Å². The van der Waals surface area contributed by atoms with Crippen LogP contribution in [0.1, 0.15) is 30.4 Å². The van der Waals surface area contributed by atoms with Gasteiger partial charge < -0.3 is 43.7 Å². The van der Waals surface area contributed by atoms with Crippen molar-refractivity contribution in [3.05, 3.63) is 53.6 Å². The molecule has 0 aromatic heterocycles. The number of nitrogens with one attached hydrogen (secondary N) is 1. The lowest BCUT2D eigenvalue weighted by Crippen LogP contribution is -2.51. The van der Waals surface area contributed by atoms with E-state index in [1.165, 1.54) is 0 Å². The van der Waals surface area contributed by atoms with Gasteiger partial charge in [0.2, 0.25) is 0 Å². The second kappa shape index (κ2) is 15.4. The van der Waals surface area contributed by atoms with E-state index in [0.29, 0.717) is 32.9 Å². The highest BCUT2D eigenvalue weighted by molar-refractivity contribution is 5.61. The van der Waals surface area contributed by atoms with Gasteiger partial charge in [-0.05, 0) is 48.7 Å². The van der Waals surface area contributed by atoms with Crippen molar-refractivity contribution in [1.29, 1.82) is 0 Å². The number of benzene rings is 2. The molecule has 0 radical (unpaired) electrons. The zero-order chi connectivity index (χ0) is 27.5. The van der Waals surface area contributed by atoms with Crippen molar-refractivity contribution in [1.82, 2.24) is 5.32 Å². The summed E-state index contributed by atoms with van der Waals surface area (Å²) in [5.74, 6) is 1.74. The van der Waals surface area contributed by atoms with Gasteiger partial charge in [0.25, 0.3) is 0 Å². The third-order valence-electron chi connectivity index (χ3n) is 7.15. The third-order valence-corrected chi connectivity index (χ3v) is 7.15. The second-order valence-electron chi connectivity index (χ2n) is 10.0. The zero-order valence-electron chi connectivity index (χ0n) is 23.5. The van der Waals surface area contributed by atoms with Crippen molar-refractivity contribution in [3.8, 4) is 11.5 Å². The molecule has 9 heteroatoms. The molecule has 2 heterocycles. The molecule has 216 valence electrons. The van der Waals surface area contributed by atoms with Crippen LogP contribution in [0.2, 0.25) is 0 Å². The van der Waals surface area contributed by atoms with Gasteiger partial charge in [0.1, 0.15) is 24.2 Å². The van der Waals surface area contributed by atoms with Crippen molar-refractivity contribution in [2.24, 2.45) is 0 Å². The average molecular weight is 545 g/mol. The van der Waals surface area contributed by atoms with Crippen LogP contribution < -0.4 is 19.7 Å². The first-order chi connectivity index (χ1) is 19.1. The summed E-state index contributed by atoms with van der Waals surface area (Å²) in [6, 6.07) is 14.5. The van der Waals surface area contributed by atoms with Crippen molar-refractivity contribution in [2.45, 2.75) is 44.2 Å². The number of methoxy groups -OCH3 is 2. The predicted octanol–water partition coefficient (Wildman–Crippen LogP) is 2.99. The number of rotatable bonds is 15. The number of aliphatic hydroxyl groups is 1. The molecule has 9 nitrogen and oxygen atoms in total. The number of anilines is 1. The summed E-state index contributed by atoms with van der Waals surface area (Å²) >= 11 is 0. The molecular weight excluding hydrogens is 500 g/mol. The molecular formula is C30H44N2O7. The Bertz CT molecular complexity index is 990. The van der Waals surface area contributed by atoms with Gasteiger partial charge in [0, 0.05) is 46.4 Å². The highest BCUT2D eigenvalue weighted by atomic mass is 16.5. The van der Waals surface area contributed by atoms with Crippen molar-refractivity contribution < 1.29 is 33.5 Å². The first-order valence-corrected chi connectivity index (χ1v) is 14.0. The topological polar surface area (TPSA) is 90.9 Å². The first kappa shape index (κ1) is 29.6. The fraction of sp³-hybridized carbons (Fsp3) is 0.600. The third kappa shape index (κ3) is 8.30. The van der Waals surface area contributed by atoms with E-state index in [0.717, 1.165) is 54.4 Å². The van der Waals surface area contributed by atoms with Crippen LogP contribution in [0.3, 0.4) is 0 Å². The predicted molar refractivity (Wildman–Crippen MR) is 150 cm³/mol. The number of ether oxygens (including phenoxy) is 6. The van der Waals surface area contributed by atoms with Gasteiger partial charge in [-0.3, -0.25) is 0 Å². The lowest BCUT2D eigenvalue weighted by molar-refractivity contribution is -0.0856. The van der Waals surface area contributed by atoms with Gasteiger partial charge in [-0.15, -0.1) is 0 Å². The minimum absolute atomic E-state index is 0.0109. The molecule has 0 saturated carbocycles. The Morgan fingerprint density at radius 3 is 2.56 bits per heavy atom. The Morgan fingerprint density at radius 2 is 1.82 bits per heavy atom. The smallest absolute Gasteiger partial charge is 0.142 e. The van der Waals surface area contributed by atoms with Crippen LogP contribution in [0.15, 0.2) is 42.5 Å². The zero-order valence-corrected chi connectivity index (χ0v) is 23.5. The molecule has 1 fully saturated rings. The minimum atomic E-state index is -0.679. The maximum absolute atomic E-state index is 10.2. The maximum Gasteiger partial charge on any atom is 0.142 e. The van der Waals surface area contributed by atoms with Gasteiger partial charge in [-0.2, -0.15) is 0 Å². The van der Waals surface area contributed by atoms with Gasteiger partial charge in [0.15, 0.2) is 0 Å². The van der Waals surface area contributed by atoms with E-state index in [4.69, 9.17) is 28.4 Å². The first-order valence-electron chi connectivity index (χ1n) is 14.0. The van der Waals surface area contributed by atoms with Crippen LogP contribution in [0.25, 0.3) is 0 Å². The highest BCUT2D eigenvalue weighted by Crippen LogP contribution is 2.35. The molecule has 1 saturated heterocycles. The standard InChI is InChI=1S/C30H44N2O7/c1-4-36-25-9-7-23(8-10-25)30-28(17-31-18-29(30)39-21-24(33)20-35-3)38-19-22-6-11-27-26(16-22)32(13-15-37-27)12-5-14-34-2/h6-11,16,24,28-31,33H,4-5,12-15,17-21H2,1-3H3/t24-,28+,29-,30-/m1/s1. The van der Waals surface area contributed by atoms with E-state index in [1.54, 1.807) is 14.2 Å². The van der Waals surface area contributed by atoms with Crippen LogP contribution >= 0.6 is 0 Å². The summed E-state index contributed by atoms with van der Waals surface area (Å²) in [7, 11) is 3.31. The molecule has 39 heavy (non-hydrogen) atoms. The van der Waals surface area contributed by atoms with Crippen LogP contribution in [0.5, 0.6) is 11.5 Å². The average Bonchev–Trinajstić information content (AvgIpc) is 2.96. The minimum Gasteiger partial charge on any atom is -0.494 e. The summed E-state index contributed by atoms with van der Waals surface area (Å²) in [6.45, 7) is 8.09. The van der Waals surface area contributed by atoms with Crippen LogP contribution in [0, 0.1) is 0 Å². The second-order valence-corrected chi connectivity index (χ2v) is 10.0. The Hall–Kier alpha value is -2.40. The number of aliphatic hydroxyl groups excluding tert-OH is 1. The van der Waals surface area contributed by atoms with Crippen molar-refractivity contribution in [3.63, 3.8) is 0 Å². The number of nitrogens with zero attached hydrogens (tertiary/aromatic N) is 1. The van der Waals surface area contributed by atoms with Gasteiger partial charge in [0.05, 0.1) is 50.9 Å². The van der Waals surface area contributed by atoms with Gasteiger partial charge in [-0.1, -0.05) is 18.2 Å². The van der Waals surface area contributed by atoms with E-state index in [2.05, 4.69) is 34.5 Å². The molecule has 4 rings (SSSR count). The largest absolute Gasteiger partial charge is 0.494 e. The Morgan fingerprint density at radius 1 is 1.03 bits per heavy atom. The van der Waals surface area contributed by atoms with Crippen LogP contribution in [0.4, 0.5) is 5.69 Å². The molecule has 2 aliphatic rings. The molecule has 2 N–H and O–H groups in total. The lowest BCUT2D eigenvalue weighted by atomic mass is 9.85. The van der Waals surface area contributed by atoms with E-state index < -0.39 is 6.10 Å². The summed E-state index contributed by atoms with van der Waals surface area (Å²) in [4.78, 5) is 2.36. The summed E-state index contributed by atoms with van der Waals surface area (Å²) in [5.41, 5.74) is 3.33. The van der Waals surface area contributed by atoms with E-state index in [1.807, 2.05) is 25.1 Å². The molecule has 2 aromatic carbocycles. The summed E-state index contributed by atoms with van der Waals surface area (Å²) in [5, 5.41) is 13.7. The molecule has 4 atom stereocenters. The molecule has 0 unspecified atom stereocenters. The molecule has 0 aliphatic carbocycles. The van der Waals surface area contributed by atoms with E-state index >= 15 is 0 Å². The Kier molecular flexibility index (Phi) is 11.7. The van der Waals surface area contributed by atoms with E-state index in [-0.39, 0.29) is 31.3 Å². The summed E-state index contributed by atoms with van der Waals surface area (Å²) in [6.07, 6.45) is 0.00356. The SMILES string of the molecule is CCOc1ccc([C@@H]2[C@@H](OCc3ccc4c(c3)N(CCCOC)CCO4)CNC[C@H]2OC[C@H](O)COC)cc1. The normalized spacial score (nSPS) is 21.7. The van der Waals surface area contributed by atoms with Gasteiger partial charge >= 0.3 is 0 Å². The van der Waals surface area contributed by atoms with Gasteiger partial charge in [-0.25, -0.2) is 0 Å². The number of piperidine rings is 1.